The lowest BCUT2D eigenvalue weighted by Gasteiger charge is -2.36. The summed E-state index contributed by atoms with van der Waals surface area (Å²) < 4.78 is 42.3. The molecule has 8 nitrogen and oxygen atoms in total. The molecule has 2 aromatic rings. The maximum absolute atomic E-state index is 14.3. The number of carbonyl (C=O) groups is 1. The third-order valence-electron chi connectivity index (χ3n) is 6.19. The molecule has 1 amide bonds. The summed E-state index contributed by atoms with van der Waals surface area (Å²) in [7, 11) is -3.74. The van der Waals surface area contributed by atoms with E-state index < -0.39 is 51.9 Å². The molecule has 1 fully saturated rings. The van der Waals surface area contributed by atoms with Crippen molar-refractivity contribution in [2.75, 3.05) is 19.4 Å². The molecule has 166 valence electrons. The fourth-order valence-electron chi connectivity index (χ4n) is 4.99. The van der Waals surface area contributed by atoms with Crippen LogP contribution in [0.25, 0.3) is 11.1 Å². The SMILES string of the molecule is CCNC(=O)[C@@H]1[C@@H](CO)[C@@H]2Cn3c(ccc(-c4ccccc4F)c3=O)[C@H]1N2S(C)(=O)=O. The summed E-state index contributed by atoms with van der Waals surface area (Å²) in [6.45, 7) is 1.67. The van der Waals surface area contributed by atoms with Crippen LogP contribution in [0, 0.1) is 17.7 Å². The molecule has 2 bridgehead atoms. The normalized spacial score (nSPS) is 25.3. The van der Waals surface area contributed by atoms with Crippen LogP contribution in [0.4, 0.5) is 4.39 Å². The van der Waals surface area contributed by atoms with Crippen LogP contribution < -0.4 is 10.9 Å². The van der Waals surface area contributed by atoms with Gasteiger partial charge in [0.2, 0.25) is 15.9 Å². The Bertz CT molecular complexity index is 1200. The number of fused-ring (bicyclic) bond motifs is 4. The first-order valence-corrected chi connectivity index (χ1v) is 11.9. The highest BCUT2D eigenvalue weighted by atomic mass is 32.2. The van der Waals surface area contributed by atoms with E-state index in [0.717, 1.165) is 6.26 Å². The molecule has 4 rings (SSSR count). The number of aliphatic hydroxyl groups is 1. The number of sulfonamides is 1. The maximum atomic E-state index is 14.3. The van der Waals surface area contributed by atoms with Crippen LogP contribution in [0.15, 0.2) is 41.2 Å². The van der Waals surface area contributed by atoms with Gasteiger partial charge in [-0.1, -0.05) is 18.2 Å². The third kappa shape index (κ3) is 3.38. The average molecular weight is 450 g/mol. The second kappa shape index (κ2) is 7.85. The highest BCUT2D eigenvalue weighted by molar-refractivity contribution is 7.88. The van der Waals surface area contributed by atoms with E-state index in [1.165, 1.54) is 33.1 Å². The first-order chi connectivity index (χ1) is 14.7. The topological polar surface area (TPSA) is 109 Å². The molecule has 0 saturated carbocycles. The zero-order valence-electron chi connectivity index (χ0n) is 17.2. The van der Waals surface area contributed by atoms with Crippen LogP contribution in [-0.2, 0) is 21.4 Å². The van der Waals surface area contributed by atoms with Gasteiger partial charge in [-0.25, -0.2) is 12.8 Å². The number of amides is 1. The molecule has 10 heteroatoms. The summed E-state index contributed by atoms with van der Waals surface area (Å²) in [4.78, 5) is 26.2. The van der Waals surface area contributed by atoms with Gasteiger partial charge in [-0.15, -0.1) is 0 Å². The standard InChI is InChI=1S/C21H24FN3O5S/c1-3-23-20(27)18-14(11-26)17-10-24-16(19(18)25(17)31(2,29)30)9-8-13(21(24)28)12-6-4-5-7-15(12)22/h4-9,14,17-19,26H,3,10-11H2,1-2H3,(H,23,27)/t14-,17-,18+,19+/m0/s1. The maximum Gasteiger partial charge on any atom is 0.258 e. The zero-order valence-corrected chi connectivity index (χ0v) is 18.0. The molecule has 2 N–H and O–H groups in total. The predicted molar refractivity (Wildman–Crippen MR) is 112 cm³/mol. The smallest absolute Gasteiger partial charge is 0.258 e. The Morgan fingerprint density at radius 2 is 1.94 bits per heavy atom. The van der Waals surface area contributed by atoms with Crippen molar-refractivity contribution in [2.24, 2.45) is 11.8 Å². The first kappa shape index (κ1) is 21.7. The number of aliphatic hydroxyl groups excluding tert-OH is 1. The molecular weight excluding hydrogens is 425 g/mol. The van der Waals surface area contributed by atoms with E-state index in [9.17, 15) is 27.5 Å². The van der Waals surface area contributed by atoms with Gasteiger partial charge in [0.15, 0.2) is 0 Å². The van der Waals surface area contributed by atoms with E-state index in [4.69, 9.17) is 0 Å². The highest BCUT2D eigenvalue weighted by Gasteiger charge is 2.58. The van der Waals surface area contributed by atoms with Crippen LogP contribution in [0.1, 0.15) is 18.7 Å². The molecule has 0 radical (unpaired) electrons. The van der Waals surface area contributed by atoms with E-state index in [0.29, 0.717) is 12.2 Å². The third-order valence-corrected chi connectivity index (χ3v) is 7.45. The van der Waals surface area contributed by atoms with E-state index in [2.05, 4.69) is 5.32 Å². The average Bonchev–Trinajstić information content (AvgIpc) is 2.97. The lowest BCUT2D eigenvalue weighted by molar-refractivity contribution is -0.127. The quantitative estimate of drug-likeness (QED) is 0.699. The van der Waals surface area contributed by atoms with Gasteiger partial charge in [0.05, 0.1) is 23.8 Å². The molecule has 0 aliphatic carbocycles. The van der Waals surface area contributed by atoms with Crippen molar-refractivity contribution in [3.63, 3.8) is 0 Å². The molecule has 0 spiro atoms. The first-order valence-electron chi connectivity index (χ1n) is 10.1. The molecule has 2 aliphatic rings. The summed E-state index contributed by atoms with van der Waals surface area (Å²) in [6, 6.07) is 7.28. The van der Waals surface area contributed by atoms with Gasteiger partial charge in [-0.05, 0) is 25.1 Å². The Morgan fingerprint density at radius 1 is 1.23 bits per heavy atom. The van der Waals surface area contributed by atoms with Crippen molar-refractivity contribution in [3.05, 3.63) is 58.3 Å². The van der Waals surface area contributed by atoms with Crippen LogP contribution >= 0.6 is 0 Å². The van der Waals surface area contributed by atoms with Crippen molar-refractivity contribution >= 4 is 15.9 Å². The Labute approximate surface area is 179 Å². The number of carbonyl (C=O) groups excluding carboxylic acids is 1. The van der Waals surface area contributed by atoms with Crippen LogP contribution in [0.3, 0.4) is 0 Å². The number of aromatic nitrogens is 1. The lowest BCUT2D eigenvalue weighted by atomic mass is 9.86. The Hall–Kier alpha value is -2.56. The van der Waals surface area contributed by atoms with Crippen molar-refractivity contribution in [1.29, 1.82) is 0 Å². The Morgan fingerprint density at radius 3 is 2.55 bits per heavy atom. The number of benzene rings is 1. The number of hydrogen-bond acceptors (Lipinski definition) is 5. The molecule has 1 aromatic heterocycles. The fraction of sp³-hybridized carbons (Fsp3) is 0.429. The van der Waals surface area contributed by atoms with Crippen molar-refractivity contribution < 1.29 is 22.7 Å². The van der Waals surface area contributed by atoms with Crippen LogP contribution in [0.2, 0.25) is 0 Å². The molecule has 1 saturated heterocycles. The second-order valence-corrected chi connectivity index (χ2v) is 9.83. The van der Waals surface area contributed by atoms with E-state index >= 15 is 0 Å². The summed E-state index contributed by atoms with van der Waals surface area (Å²) in [5.41, 5.74) is 0.210. The Balaban J connectivity index is 1.93. The summed E-state index contributed by atoms with van der Waals surface area (Å²) in [5.74, 6) is -2.44. The molecule has 4 atom stereocenters. The summed E-state index contributed by atoms with van der Waals surface area (Å²) in [5, 5.41) is 12.8. The number of rotatable bonds is 5. The van der Waals surface area contributed by atoms with E-state index in [-0.39, 0.29) is 23.6 Å². The van der Waals surface area contributed by atoms with Gasteiger partial charge >= 0.3 is 0 Å². The highest BCUT2D eigenvalue weighted by Crippen LogP contribution is 2.49. The molecule has 2 aliphatic heterocycles. The number of hydrogen-bond donors (Lipinski definition) is 2. The number of pyridine rings is 1. The van der Waals surface area contributed by atoms with Crippen molar-refractivity contribution in [3.8, 4) is 11.1 Å². The lowest BCUT2D eigenvalue weighted by Crippen LogP contribution is -2.48. The molecule has 0 unspecified atom stereocenters. The molecular formula is C21H24FN3O5S. The van der Waals surface area contributed by atoms with Gasteiger partial charge in [0, 0.05) is 42.9 Å². The predicted octanol–water partition coefficient (Wildman–Crippen LogP) is 0.714. The van der Waals surface area contributed by atoms with Crippen LogP contribution in [-0.4, -0.2) is 53.8 Å². The summed E-state index contributed by atoms with van der Waals surface area (Å²) >= 11 is 0. The second-order valence-electron chi connectivity index (χ2n) is 7.94. The number of halogens is 1. The monoisotopic (exact) mass is 449 g/mol. The zero-order chi connectivity index (χ0) is 22.5. The van der Waals surface area contributed by atoms with Crippen molar-refractivity contribution in [1.82, 2.24) is 14.2 Å². The molecule has 3 heterocycles. The number of nitrogens with one attached hydrogen (secondary N) is 1. The largest absolute Gasteiger partial charge is 0.396 e. The molecule has 31 heavy (non-hydrogen) atoms. The van der Waals surface area contributed by atoms with Gasteiger partial charge < -0.3 is 15.0 Å². The van der Waals surface area contributed by atoms with Gasteiger partial charge in [0.1, 0.15) is 5.82 Å². The minimum absolute atomic E-state index is 0.0266. The van der Waals surface area contributed by atoms with Gasteiger partial charge in [-0.3, -0.25) is 9.59 Å². The van der Waals surface area contributed by atoms with E-state index in [1.807, 2.05) is 0 Å². The number of nitrogens with zero attached hydrogens (tertiary/aromatic N) is 2. The van der Waals surface area contributed by atoms with Crippen molar-refractivity contribution in [2.45, 2.75) is 25.6 Å². The molecule has 1 aromatic carbocycles. The minimum atomic E-state index is -3.74. The summed E-state index contributed by atoms with van der Waals surface area (Å²) in [6.07, 6.45) is 1.06. The minimum Gasteiger partial charge on any atom is -0.396 e. The Kier molecular flexibility index (Phi) is 5.48. The fourth-order valence-corrected chi connectivity index (χ4v) is 6.35. The van der Waals surface area contributed by atoms with E-state index in [1.54, 1.807) is 19.1 Å². The van der Waals surface area contributed by atoms with Gasteiger partial charge in [0.25, 0.3) is 5.56 Å². The van der Waals surface area contributed by atoms with Crippen LogP contribution in [0.5, 0.6) is 0 Å². The van der Waals surface area contributed by atoms with Gasteiger partial charge in [-0.2, -0.15) is 4.31 Å².